The maximum atomic E-state index is 13.9. The second kappa shape index (κ2) is 30.2. The van der Waals surface area contributed by atoms with Crippen molar-refractivity contribution in [1.29, 1.82) is 0 Å². The molecule has 20 atom stereocenters. The van der Waals surface area contributed by atoms with Gasteiger partial charge in [0.15, 0.2) is 27.0 Å². The van der Waals surface area contributed by atoms with E-state index in [9.17, 15) is 54.0 Å². The first-order valence-corrected chi connectivity index (χ1v) is 33.9. The summed E-state index contributed by atoms with van der Waals surface area (Å²) in [5.41, 5.74) is 2.04. The molecule has 2 aliphatic carbocycles. The van der Waals surface area contributed by atoms with E-state index < -0.39 is 178 Å². The molecule has 0 radical (unpaired) electrons. The van der Waals surface area contributed by atoms with E-state index in [2.05, 4.69) is 31.9 Å². The van der Waals surface area contributed by atoms with Crippen molar-refractivity contribution >= 4 is 50.5 Å². The number of alkyl carbamates (subject to hydrolysis) is 5. The van der Waals surface area contributed by atoms with Gasteiger partial charge in [-0.15, -0.1) is 0 Å². The predicted octanol–water partition coefficient (Wildman–Crippen LogP) is 4.06. The summed E-state index contributed by atoms with van der Waals surface area (Å²) in [5, 5.41) is 63.4. The third kappa shape index (κ3) is 17.4. The first kappa shape index (κ1) is 68.4. The Bertz CT molecular complexity index is 2970. The fraction of sp³-hybridized carbons (Fsp3) is 0.603. The van der Waals surface area contributed by atoms with Crippen LogP contribution in [0.2, 0.25) is 18.1 Å². The number of Topliss-reactive ketones (excluding diaryl/α,β-unsaturated/α-hetero) is 1. The van der Waals surface area contributed by atoms with Crippen molar-refractivity contribution in [1.82, 2.24) is 31.9 Å². The van der Waals surface area contributed by atoms with E-state index in [1.807, 2.05) is 59.8 Å². The Labute approximate surface area is 528 Å². The summed E-state index contributed by atoms with van der Waals surface area (Å²) in [6.45, 7) is 13.3. The lowest BCUT2D eigenvalue weighted by molar-refractivity contribution is -0.298. The van der Waals surface area contributed by atoms with Crippen molar-refractivity contribution in [3.05, 3.63) is 108 Å². The summed E-state index contributed by atoms with van der Waals surface area (Å²) in [6, 6.07) is 21.7. The highest BCUT2D eigenvalue weighted by molar-refractivity contribution is 6.74. The number of ether oxygens (including phenoxy) is 9. The van der Waals surface area contributed by atoms with Crippen LogP contribution in [0.25, 0.3) is 0 Å². The average molecular weight is 1290 g/mol. The van der Waals surface area contributed by atoms with Crippen LogP contribution in [-0.2, 0) is 76.5 Å². The highest BCUT2D eigenvalue weighted by Gasteiger charge is 2.58. The number of amides is 6. The number of aliphatic hydroxyl groups is 4. The van der Waals surface area contributed by atoms with Crippen LogP contribution in [0.3, 0.4) is 0 Å². The molecule has 6 aliphatic rings. The molecule has 0 spiro atoms. The number of fused-ring (bicyclic) bond motifs is 2. The van der Waals surface area contributed by atoms with E-state index in [0.29, 0.717) is 16.7 Å². The number of nitrogens with one attached hydrogen (secondary N) is 6. The zero-order valence-corrected chi connectivity index (χ0v) is 53.0. The summed E-state index contributed by atoms with van der Waals surface area (Å²) < 4.78 is 60.9. The molecule has 3 aromatic rings. The van der Waals surface area contributed by atoms with Gasteiger partial charge in [0, 0.05) is 31.1 Å². The molecule has 9 unspecified atom stereocenters. The van der Waals surface area contributed by atoms with Crippen LogP contribution < -0.4 is 31.9 Å². The van der Waals surface area contributed by atoms with Crippen molar-refractivity contribution < 1.29 is 101 Å². The van der Waals surface area contributed by atoms with E-state index in [1.54, 1.807) is 78.9 Å². The molecule has 91 heavy (non-hydrogen) atoms. The van der Waals surface area contributed by atoms with Gasteiger partial charge in [0.1, 0.15) is 86.6 Å². The summed E-state index contributed by atoms with van der Waals surface area (Å²) >= 11 is 0. The molecule has 0 bridgehead atoms. The Balaban J connectivity index is 0.890. The minimum atomic E-state index is -2.83. The number of benzene rings is 3. The SMILES string of the molecule is CC1[C@H](O[C@H]2C(NC(=O)OCc3ccccc3)C[C@@H](CC(=O)CCC(=O)N[C@@H]3CC(NC(=O)OCc4ccccc4)[C@H](O[C@@H]4O[C@@H]5CNC(=O)O[C@@H]5C(O[Si](C)(C)C(C)(C)C)C4NC(=O)OCc4ccccc4)C(O)C3O)C(O)[C@H]2O)OC2CNC(=O)O[C@@H]2[C@@H]1C. The van der Waals surface area contributed by atoms with Gasteiger partial charge < -0.3 is 99.4 Å². The maximum Gasteiger partial charge on any atom is 0.407 e. The number of hydrogen-bond acceptors (Lipinski definition) is 21. The molecule has 4 heterocycles. The van der Waals surface area contributed by atoms with Crippen LogP contribution in [0.4, 0.5) is 24.0 Å². The minimum Gasteiger partial charge on any atom is -0.445 e. The molecule has 10 N–H and O–H groups in total. The monoisotopic (exact) mass is 1290 g/mol. The lowest BCUT2D eigenvalue weighted by Crippen LogP contribution is -2.72. The van der Waals surface area contributed by atoms with Crippen molar-refractivity contribution in [2.75, 3.05) is 13.1 Å². The molecule has 6 amide bonds. The second-order valence-electron chi connectivity index (χ2n) is 25.8. The summed E-state index contributed by atoms with van der Waals surface area (Å²) in [4.78, 5) is 93.9. The maximum absolute atomic E-state index is 13.9. The number of aliphatic hydroxyl groups excluding tert-OH is 4. The van der Waals surface area contributed by atoms with Crippen LogP contribution in [0.5, 0.6) is 0 Å². The van der Waals surface area contributed by atoms with Gasteiger partial charge >= 0.3 is 30.5 Å². The van der Waals surface area contributed by atoms with Crippen LogP contribution in [0.15, 0.2) is 91.0 Å². The number of ketones is 1. The molecule has 2 saturated carbocycles. The van der Waals surface area contributed by atoms with E-state index in [-0.39, 0.29) is 64.5 Å². The fourth-order valence-electron chi connectivity index (χ4n) is 12.1. The number of rotatable bonds is 21. The standard InChI is InChI=1S/C63H86N6O21Si/c1-33-34(2)56(84-43-28-64-58(76)88-51(33)43)86-52-41(67-60(78)81-30-35-17-11-8-12-18-35)26-38(47(72)49(52)74)25-39(70)23-24-45(71)66-40-27-42(68-61(79)82-31-36-19-13-9-14-20-36)53(50(75)48(40)73)87-57-46(69-62(80)83-32-37-21-15-10-16-22-37)55(90-91(6,7)63(3,4)5)54-44(85-57)29-65-59(77)89-54/h8-22,33-34,38,40-44,46-57,72-75H,23-32H2,1-7H3,(H,64,76)(H,65,77)(H,66,71)(H,67,78)(H,68,79)(H,69,80)/t33-,34?,38-,40-,41?,42?,43?,44-,46?,47?,48?,49-,50?,51-,52+,53+,54+,55?,56+,57+/m1/s1. The van der Waals surface area contributed by atoms with Gasteiger partial charge in [-0.3, -0.25) is 9.59 Å². The Morgan fingerprint density at radius 3 is 1.55 bits per heavy atom. The first-order valence-electron chi connectivity index (χ1n) is 31.0. The molecule has 9 rings (SSSR count). The van der Waals surface area contributed by atoms with E-state index >= 15 is 0 Å². The molecule has 28 heteroatoms. The average Bonchev–Trinajstić information content (AvgIpc) is 0.777. The second-order valence-corrected chi connectivity index (χ2v) is 30.6. The smallest absolute Gasteiger partial charge is 0.407 e. The molecule has 498 valence electrons. The Kier molecular flexibility index (Phi) is 22.7. The molecular formula is C63H86N6O21Si. The van der Waals surface area contributed by atoms with Crippen molar-refractivity contribution in [2.45, 2.75) is 209 Å². The summed E-state index contributed by atoms with van der Waals surface area (Å²) in [7, 11) is -2.83. The van der Waals surface area contributed by atoms with Crippen molar-refractivity contribution in [2.24, 2.45) is 17.8 Å². The predicted molar refractivity (Wildman–Crippen MR) is 322 cm³/mol. The number of carbonyl (C=O) groups is 7. The third-order valence-electron chi connectivity index (χ3n) is 18.4. The minimum absolute atomic E-state index is 0.0782. The summed E-state index contributed by atoms with van der Waals surface area (Å²) in [6.07, 6.45) is -22.3. The van der Waals surface area contributed by atoms with Gasteiger partial charge in [-0.1, -0.05) is 126 Å². The van der Waals surface area contributed by atoms with E-state index in [0.717, 1.165) is 0 Å². The Morgan fingerprint density at radius 2 is 1.02 bits per heavy atom. The molecular weight excluding hydrogens is 1200 g/mol. The number of carbonyl (C=O) groups excluding carboxylic acids is 7. The lowest BCUT2D eigenvalue weighted by Gasteiger charge is -2.52. The molecule has 3 aromatic carbocycles. The van der Waals surface area contributed by atoms with E-state index in [1.165, 1.54) is 0 Å². The van der Waals surface area contributed by atoms with Gasteiger partial charge in [-0.2, -0.15) is 0 Å². The van der Waals surface area contributed by atoms with Crippen LogP contribution in [0.1, 0.15) is 83.4 Å². The topological polar surface area (TPSA) is 365 Å². The quantitative estimate of drug-likeness (QED) is 0.0531. The van der Waals surface area contributed by atoms with Crippen LogP contribution in [-0.4, -0.2) is 188 Å². The van der Waals surface area contributed by atoms with Crippen molar-refractivity contribution in [3.8, 4) is 0 Å². The van der Waals surface area contributed by atoms with Crippen LogP contribution >= 0.6 is 0 Å². The first-order chi connectivity index (χ1) is 43.3. The highest BCUT2D eigenvalue weighted by Crippen LogP contribution is 2.42. The zero-order valence-electron chi connectivity index (χ0n) is 52.0. The third-order valence-corrected chi connectivity index (χ3v) is 22.9. The molecule has 6 fully saturated rings. The Morgan fingerprint density at radius 1 is 0.560 bits per heavy atom. The molecule has 27 nitrogen and oxygen atoms in total. The molecule has 4 aliphatic heterocycles. The zero-order chi connectivity index (χ0) is 65.3. The lowest BCUT2D eigenvalue weighted by atomic mass is 9.76. The normalized spacial score (nSPS) is 33.1. The summed E-state index contributed by atoms with van der Waals surface area (Å²) in [5.74, 6) is -2.85. The van der Waals surface area contributed by atoms with Gasteiger partial charge in [-0.05, 0) is 53.6 Å². The number of hydrogen-bond donors (Lipinski definition) is 10. The fourth-order valence-corrected chi connectivity index (χ4v) is 13.4. The van der Waals surface area contributed by atoms with Gasteiger partial charge in [0.25, 0.3) is 0 Å². The Hall–Kier alpha value is -6.99. The molecule has 0 aromatic heterocycles. The van der Waals surface area contributed by atoms with Crippen molar-refractivity contribution in [3.63, 3.8) is 0 Å². The van der Waals surface area contributed by atoms with E-state index in [4.69, 9.17) is 47.1 Å². The molecule has 4 saturated heterocycles. The largest absolute Gasteiger partial charge is 0.445 e. The highest BCUT2D eigenvalue weighted by atomic mass is 28.4. The van der Waals surface area contributed by atoms with Gasteiger partial charge in [0.2, 0.25) is 5.91 Å². The van der Waals surface area contributed by atoms with Crippen LogP contribution in [0, 0.1) is 17.8 Å². The van der Waals surface area contributed by atoms with Gasteiger partial charge in [-0.25, -0.2) is 24.0 Å². The van der Waals surface area contributed by atoms with Gasteiger partial charge in [0.05, 0.1) is 37.3 Å².